The van der Waals surface area contributed by atoms with Gasteiger partial charge in [0, 0.05) is 7.97 Å². The first-order valence-corrected chi connectivity index (χ1v) is 12.1. The van der Waals surface area contributed by atoms with Crippen LogP contribution in [0.5, 0.6) is 0 Å². The van der Waals surface area contributed by atoms with Crippen LogP contribution in [-0.4, -0.2) is 47.9 Å². The smallest absolute Gasteiger partial charge is 0.407 e. The number of carbonyl (C=O) groups is 3. The summed E-state index contributed by atoms with van der Waals surface area (Å²) in [5.41, 5.74) is 0. The average molecular weight is 445 g/mol. The molecule has 0 aromatic heterocycles. The first-order chi connectivity index (χ1) is 14.9. The maximum atomic E-state index is 12.2. The Hall–Kier alpha value is -1.85. The number of Topliss-reactive ketones (excluding diaryl/α,β-unsaturated/α-hetero) is 1. The number of piperidine rings is 1. The van der Waals surface area contributed by atoms with Crippen molar-refractivity contribution in [2.75, 3.05) is 13.1 Å². The van der Waals surface area contributed by atoms with Crippen molar-refractivity contribution in [2.24, 2.45) is 0 Å². The summed E-state index contributed by atoms with van der Waals surface area (Å²) in [5, 5.41) is 2.50. The minimum absolute atomic E-state index is 0. The zero-order chi connectivity index (χ0) is 24.7. The van der Waals surface area contributed by atoms with Crippen molar-refractivity contribution in [3.8, 4) is 0 Å². The van der Waals surface area contributed by atoms with Crippen LogP contribution in [0.2, 0.25) is 0 Å². The lowest BCUT2D eigenvalue weighted by atomic mass is 9.99. The molecule has 1 aliphatic carbocycles. The van der Waals surface area contributed by atoms with E-state index in [1.165, 1.54) is 19.8 Å². The fourth-order valence-corrected chi connectivity index (χ4v) is 3.10. The average Bonchev–Trinajstić information content (AvgIpc) is 3.29. The van der Waals surface area contributed by atoms with Gasteiger partial charge < -0.3 is 15.0 Å². The Labute approximate surface area is 193 Å². The van der Waals surface area contributed by atoms with Crippen LogP contribution >= 0.6 is 0 Å². The molecule has 0 aromatic rings. The van der Waals surface area contributed by atoms with E-state index in [4.69, 9.17) is 4.74 Å². The number of carbonyl (C=O) groups excluding carboxylic acids is 3. The predicted molar refractivity (Wildman–Crippen MR) is 133 cm³/mol. The summed E-state index contributed by atoms with van der Waals surface area (Å²) < 4.78 is 5.24. The number of hydrogen-bond donors (Lipinski definition) is 1. The lowest BCUT2D eigenvalue weighted by Gasteiger charge is -2.34. The topological polar surface area (TPSA) is 75.7 Å². The Morgan fingerprint density at radius 3 is 1.84 bits per heavy atom. The molecule has 2 fully saturated rings. The van der Waals surface area contributed by atoms with Gasteiger partial charge in [-0.05, 0) is 51.9 Å². The van der Waals surface area contributed by atoms with E-state index in [2.05, 4.69) is 46.2 Å². The fourth-order valence-electron chi connectivity index (χ4n) is 3.10. The first-order valence-electron chi connectivity index (χ1n) is 12.1. The molecule has 2 amide bonds. The molecular weight excluding hydrogens is 392 g/mol. The summed E-state index contributed by atoms with van der Waals surface area (Å²) in [6.07, 6.45) is 8.52. The summed E-state index contributed by atoms with van der Waals surface area (Å²) in [5.74, 6) is -0.199. The molecule has 1 heterocycles. The van der Waals surface area contributed by atoms with E-state index in [0.717, 1.165) is 38.5 Å². The number of alkyl carbamates (subject to hydrolysis) is 1. The predicted octanol–water partition coefficient (Wildman–Crippen LogP) is 6.53. The molecule has 186 valence electrons. The molecule has 2 rings (SSSR count). The van der Waals surface area contributed by atoms with Gasteiger partial charge in [-0.2, -0.15) is 0 Å². The highest BCUT2D eigenvalue weighted by molar-refractivity contribution is 5.89. The normalized spacial score (nSPS) is 17.0. The molecule has 0 spiro atoms. The molecule has 6 nitrogen and oxygen atoms in total. The molecule has 31 heavy (non-hydrogen) atoms. The minimum atomic E-state index is -0.536. The summed E-state index contributed by atoms with van der Waals surface area (Å²) in [6, 6.07) is -0.334. The van der Waals surface area contributed by atoms with Crippen LogP contribution in [0.3, 0.4) is 0 Å². The molecule has 1 saturated carbocycles. The van der Waals surface area contributed by atoms with Crippen LogP contribution < -0.4 is 5.32 Å². The molecule has 0 bridgehead atoms. The van der Waals surface area contributed by atoms with Crippen molar-refractivity contribution in [1.29, 1.82) is 0 Å². The molecule has 2 aliphatic rings. The van der Waals surface area contributed by atoms with Gasteiger partial charge in [-0.15, -0.1) is 13.2 Å². The van der Waals surface area contributed by atoms with E-state index in [1.807, 2.05) is 13.8 Å². The van der Waals surface area contributed by atoms with Crippen molar-refractivity contribution < 1.29 is 20.5 Å². The number of ketones is 1. The Morgan fingerprint density at radius 2 is 1.39 bits per heavy atom. The molecule has 1 atom stereocenters. The third-order valence-corrected chi connectivity index (χ3v) is 4.25. The quantitative estimate of drug-likeness (QED) is 0.500. The number of nitrogens with zero attached hydrogens (tertiary/aromatic N) is 1. The van der Waals surface area contributed by atoms with Crippen molar-refractivity contribution >= 4 is 17.8 Å². The second kappa shape index (κ2) is 24.4. The highest BCUT2D eigenvalue weighted by Crippen LogP contribution is 2.21. The van der Waals surface area contributed by atoms with E-state index < -0.39 is 6.09 Å². The number of rotatable bonds is 4. The standard InChI is InChI=1S/C15H24N2O4.2C3H8.C2H6.C2H4.H2/c1-11(18)13-8-4-5-9-17(13)14(19)10-16-15(20)21-12-6-2-3-7-12;2*1-3-2;2*1-2;/h12-13H,2-10H2,1H3,(H,16,20);2*3H2,1-2H3;1-2H3;1-2H2;1H/t13-;;;;;/m0...../s1. The minimum Gasteiger partial charge on any atom is -0.446 e. The van der Waals surface area contributed by atoms with E-state index in [0.29, 0.717) is 13.0 Å². The largest absolute Gasteiger partial charge is 0.446 e. The van der Waals surface area contributed by atoms with Crippen LogP contribution in [0.25, 0.3) is 0 Å². The van der Waals surface area contributed by atoms with Crippen LogP contribution in [0.1, 0.15) is 108 Å². The Morgan fingerprint density at radius 1 is 0.935 bits per heavy atom. The zero-order valence-corrected chi connectivity index (χ0v) is 21.4. The zero-order valence-electron chi connectivity index (χ0n) is 21.4. The molecule has 1 aliphatic heterocycles. The Bertz CT molecular complexity index is 453. The monoisotopic (exact) mass is 444 g/mol. The van der Waals surface area contributed by atoms with Crippen molar-refractivity contribution in [2.45, 2.75) is 118 Å². The summed E-state index contributed by atoms with van der Waals surface area (Å²) >= 11 is 0. The summed E-state index contributed by atoms with van der Waals surface area (Å²) in [6.45, 7) is 20.5. The SMILES string of the molecule is C=C.CC.CC(=O)[C@@H]1CCCCN1C(=O)CNC(=O)OC1CCCC1.CCC.CCC.[HH]. The highest BCUT2D eigenvalue weighted by Gasteiger charge is 2.30. The van der Waals surface area contributed by atoms with E-state index in [1.54, 1.807) is 4.90 Å². The highest BCUT2D eigenvalue weighted by atomic mass is 16.6. The van der Waals surface area contributed by atoms with E-state index in [-0.39, 0.29) is 31.8 Å². The molecular formula is C25H52N2O4. The van der Waals surface area contributed by atoms with Gasteiger partial charge in [0.1, 0.15) is 12.6 Å². The van der Waals surface area contributed by atoms with Gasteiger partial charge in [-0.3, -0.25) is 9.59 Å². The van der Waals surface area contributed by atoms with E-state index in [9.17, 15) is 14.4 Å². The molecule has 6 heteroatoms. The number of nitrogens with one attached hydrogen (secondary N) is 1. The second-order valence-corrected chi connectivity index (χ2v) is 7.29. The molecule has 0 aromatic carbocycles. The van der Waals surface area contributed by atoms with E-state index >= 15 is 0 Å². The van der Waals surface area contributed by atoms with Gasteiger partial charge in [0.15, 0.2) is 5.78 Å². The maximum Gasteiger partial charge on any atom is 0.407 e. The molecule has 1 saturated heterocycles. The van der Waals surface area contributed by atoms with Crippen LogP contribution in [0.15, 0.2) is 13.2 Å². The van der Waals surface area contributed by atoms with Gasteiger partial charge in [0.2, 0.25) is 5.91 Å². The molecule has 0 radical (unpaired) electrons. The number of ether oxygens (including phenoxy) is 1. The first kappa shape index (κ1) is 33.8. The lowest BCUT2D eigenvalue weighted by molar-refractivity contribution is -0.139. The Balaban J connectivity index is -0.000000309. The van der Waals surface area contributed by atoms with Gasteiger partial charge in [0.25, 0.3) is 0 Å². The summed E-state index contributed by atoms with van der Waals surface area (Å²) in [7, 11) is 0. The number of amides is 2. The fraction of sp³-hybridized carbons (Fsp3) is 0.800. The van der Waals surface area contributed by atoms with Crippen molar-refractivity contribution in [3.63, 3.8) is 0 Å². The van der Waals surface area contributed by atoms with Gasteiger partial charge >= 0.3 is 6.09 Å². The van der Waals surface area contributed by atoms with Crippen molar-refractivity contribution in [3.05, 3.63) is 13.2 Å². The number of likely N-dealkylation sites (tertiary alicyclic amines) is 1. The van der Waals surface area contributed by atoms with Gasteiger partial charge in [0.05, 0.1) is 6.04 Å². The molecule has 0 unspecified atom stereocenters. The second-order valence-electron chi connectivity index (χ2n) is 7.29. The van der Waals surface area contributed by atoms with Gasteiger partial charge in [-0.1, -0.05) is 54.4 Å². The third-order valence-electron chi connectivity index (χ3n) is 4.25. The van der Waals surface area contributed by atoms with Crippen LogP contribution in [0, 0.1) is 0 Å². The van der Waals surface area contributed by atoms with Crippen LogP contribution in [-0.2, 0) is 14.3 Å². The summed E-state index contributed by atoms with van der Waals surface area (Å²) in [4.78, 5) is 36.9. The van der Waals surface area contributed by atoms with Gasteiger partial charge in [-0.25, -0.2) is 4.79 Å². The number of hydrogen-bond acceptors (Lipinski definition) is 4. The van der Waals surface area contributed by atoms with Crippen LogP contribution in [0.4, 0.5) is 4.79 Å². The lowest BCUT2D eigenvalue weighted by Crippen LogP contribution is -2.50. The van der Waals surface area contributed by atoms with Crippen molar-refractivity contribution in [1.82, 2.24) is 10.2 Å². The third kappa shape index (κ3) is 17.5. The molecule has 1 N–H and O–H groups in total. The maximum absolute atomic E-state index is 12.2. The Kier molecular flexibility index (Phi) is 26.6.